The van der Waals surface area contributed by atoms with Gasteiger partial charge in [-0.15, -0.1) is 0 Å². The van der Waals surface area contributed by atoms with E-state index in [0.717, 1.165) is 24.1 Å². The van der Waals surface area contributed by atoms with Crippen molar-refractivity contribution >= 4 is 21.5 Å². The molecule has 1 unspecified atom stereocenters. The average Bonchev–Trinajstić information content (AvgIpc) is 3.17. The fraction of sp³-hybridized carbons (Fsp3) is 0.571. The molecule has 3 rings (SSSR count). The van der Waals surface area contributed by atoms with Crippen molar-refractivity contribution in [1.82, 2.24) is 0 Å². The van der Waals surface area contributed by atoms with Crippen LogP contribution in [0.3, 0.4) is 0 Å². The summed E-state index contributed by atoms with van der Waals surface area (Å²) < 4.78 is 35.5. The van der Waals surface area contributed by atoms with Gasteiger partial charge in [0.05, 0.1) is 22.4 Å². The Morgan fingerprint density at radius 2 is 1.37 bits per heavy atom. The zero-order valence-electron chi connectivity index (χ0n) is 21.7. The van der Waals surface area contributed by atoms with E-state index in [1.54, 1.807) is 6.07 Å². The van der Waals surface area contributed by atoms with Gasteiger partial charge in [0.1, 0.15) is 10.1 Å². The van der Waals surface area contributed by atoms with Crippen LogP contribution in [0, 0.1) is 0 Å². The van der Waals surface area contributed by atoms with Gasteiger partial charge >= 0.3 is 29.6 Å². The summed E-state index contributed by atoms with van der Waals surface area (Å²) in [5, 5.41) is 3.37. The van der Waals surface area contributed by atoms with Gasteiger partial charge in [-0.3, -0.25) is 0 Å². The maximum absolute atomic E-state index is 11.8. The van der Waals surface area contributed by atoms with Crippen molar-refractivity contribution < 1.29 is 42.5 Å². The molecule has 0 fully saturated rings. The molecular weight excluding hydrogens is 467 g/mol. The third-order valence-corrected chi connectivity index (χ3v) is 7.68. The van der Waals surface area contributed by atoms with E-state index >= 15 is 0 Å². The Balaban J connectivity index is 0.00000432. The number of nitrogens with zero attached hydrogens (tertiary/aromatic N) is 1. The SMILES string of the molecule is CCCCCCCCCCCCCCC1Nc2c(cccc2S(=O)(=O)[O-])N1Cc1ccccc1.[Na+]. The standard InChI is InChI=1S/C28H42N2O3S.Na/c1-2-3-4-5-6-7-8-9-10-11-12-16-22-27-29-28-25(20-17-21-26(28)34(31,32)33)30(27)23-24-18-14-13-15-19-24;/h13-15,17-21,27,29H,2-12,16,22-23H2,1H3,(H,31,32,33);/q;+1/p-1. The number of anilines is 2. The Hall–Kier alpha value is -1.05. The summed E-state index contributed by atoms with van der Waals surface area (Å²) in [5.74, 6) is 0. The molecule has 1 atom stereocenters. The Bertz CT molecular complexity index is 969. The molecule has 5 nitrogen and oxygen atoms in total. The zero-order chi connectivity index (χ0) is 24.2. The van der Waals surface area contributed by atoms with Crippen LogP contribution in [0.1, 0.15) is 96.0 Å². The van der Waals surface area contributed by atoms with Crippen LogP contribution in [-0.4, -0.2) is 19.1 Å². The van der Waals surface area contributed by atoms with Crippen molar-refractivity contribution in [3.05, 3.63) is 54.1 Å². The first kappa shape index (κ1) is 30.2. The second-order valence-corrected chi connectivity index (χ2v) is 10.9. The van der Waals surface area contributed by atoms with Gasteiger partial charge in [0, 0.05) is 6.54 Å². The van der Waals surface area contributed by atoms with Gasteiger partial charge < -0.3 is 14.8 Å². The van der Waals surface area contributed by atoms with Crippen LogP contribution in [0.25, 0.3) is 0 Å². The molecule has 2 aromatic rings. The van der Waals surface area contributed by atoms with Crippen molar-refractivity contribution in [2.45, 2.75) is 108 Å². The van der Waals surface area contributed by atoms with Gasteiger partial charge in [-0.25, -0.2) is 8.42 Å². The molecule has 1 heterocycles. The predicted molar refractivity (Wildman–Crippen MR) is 140 cm³/mol. The van der Waals surface area contributed by atoms with Crippen molar-refractivity contribution in [3.63, 3.8) is 0 Å². The molecule has 1 aliphatic heterocycles. The van der Waals surface area contributed by atoms with Gasteiger partial charge in [-0.2, -0.15) is 0 Å². The van der Waals surface area contributed by atoms with E-state index in [1.807, 2.05) is 24.3 Å². The van der Waals surface area contributed by atoms with Crippen LogP contribution in [0.2, 0.25) is 0 Å². The number of unbranched alkanes of at least 4 members (excludes halogenated alkanes) is 11. The molecule has 188 valence electrons. The van der Waals surface area contributed by atoms with E-state index in [1.165, 1.54) is 76.7 Å². The van der Waals surface area contributed by atoms with E-state index in [0.29, 0.717) is 12.2 Å². The molecule has 1 N–H and O–H groups in total. The molecule has 0 aromatic heterocycles. The Labute approximate surface area is 235 Å². The second-order valence-electron chi connectivity index (χ2n) is 9.56. The van der Waals surface area contributed by atoms with Crippen LogP contribution >= 0.6 is 0 Å². The molecule has 0 radical (unpaired) electrons. The van der Waals surface area contributed by atoms with Gasteiger partial charge in [-0.05, 0) is 30.5 Å². The summed E-state index contributed by atoms with van der Waals surface area (Å²) in [6.07, 6.45) is 16.6. The molecule has 2 aromatic carbocycles. The second kappa shape index (κ2) is 15.9. The minimum absolute atomic E-state index is 0. The van der Waals surface area contributed by atoms with E-state index in [-0.39, 0.29) is 40.6 Å². The van der Waals surface area contributed by atoms with Crippen molar-refractivity contribution in [2.24, 2.45) is 0 Å². The molecule has 35 heavy (non-hydrogen) atoms. The van der Waals surface area contributed by atoms with Gasteiger partial charge in [0.15, 0.2) is 0 Å². The molecule has 7 heteroatoms. The predicted octanol–water partition coefficient (Wildman–Crippen LogP) is 4.44. The van der Waals surface area contributed by atoms with Gasteiger partial charge in [-0.1, -0.05) is 114 Å². The molecule has 0 bridgehead atoms. The van der Waals surface area contributed by atoms with E-state index in [2.05, 4.69) is 29.3 Å². The Morgan fingerprint density at radius 1 is 0.800 bits per heavy atom. The first-order valence-electron chi connectivity index (χ1n) is 13.2. The third kappa shape index (κ3) is 9.73. The molecule has 0 amide bonds. The normalized spacial score (nSPS) is 14.9. The van der Waals surface area contributed by atoms with E-state index in [4.69, 9.17) is 0 Å². The Kier molecular flexibility index (Phi) is 13.7. The van der Waals surface area contributed by atoms with Gasteiger partial charge in [0.25, 0.3) is 0 Å². The van der Waals surface area contributed by atoms with Crippen LogP contribution in [0.4, 0.5) is 11.4 Å². The monoisotopic (exact) mass is 508 g/mol. The molecule has 0 aliphatic carbocycles. The maximum Gasteiger partial charge on any atom is 1.00 e. The number of hydrogen-bond donors (Lipinski definition) is 1. The summed E-state index contributed by atoms with van der Waals surface area (Å²) in [4.78, 5) is 2.05. The summed E-state index contributed by atoms with van der Waals surface area (Å²) in [6, 6.07) is 15.1. The smallest absolute Gasteiger partial charge is 0.744 e. The topological polar surface area (TPSA) is 72.5 Å². The largest absolute Gasteiger partial charge is 1.00 e. The summed E-state index contributed by atoms with van der Waals surface area (Å²) >= 11 is 0. The van der Waals surface area contributed by atoms with Crippen LogP contribution < -0.4 is 39.8 Å². The fourth-order valence-corrected chi connectivity index (χ4v) is 5.57. The molecule has 1 aliphatic rings. The minimum Gasteiger partial charge on any atom is -0.744 e. The third-order valence-electron chi connectivity index (χ3n) is 6.80. The van der Waals surface area contributed by atoms with Crippen LogP contribution in [0.5, 0.6) is 0 Å². The van der Waals surface area contributed by atoms with Crippen LogP contribution in [-0.2, 0) is 16.7 Å². The summed E-state index contributed by atoms with van der Waals surface area (Å²) in [6.45, 7) is 2.93. The van der Waals surface area contributed by atoms with Gasteiger partial charge in [0.2, 0.25) is 0 Å². The molecule has 0 spiro atoms. The van der Waals surface area contributed by atoms with E-state index < -0.39 is 10.1 Å². The van der Waals surface area contributed by atoms with Crippen molar-refractivity contribution in [1.29, 1.82) is 0 Å². The zero-order valence-corrected chi connectivity index (χ0v) is 24.5. The van der Waals surface area contributed by atoms with Crippen LogP contribution in [0.15, 0.2) is 53.4 Å². The number of rotatable bonds is 16. The fourth-order valence-electron chi connectivity index (χ4n) is 4.91. The summed E-state index contributed by atoms with van der Waals surface area (Å²) in [7, 11) is -4.53. The Morgan fingerprint density at radius 3 is 1.94 bits per heavy atom. The number of para-hydroxylation sites is 1. The number of fused-ring (bicyclic) bond motifs is 1. The van der Waals surface area contributed by atoms with Crippen molar-refractivity contribution in [3.8, 4) is 0 Å². The number of nitrogens with one attached hydrogen (secondary N) is 1. The quantitative estimate of drug-likeness (QED) is 0.206. The number of hydrogen-bond acceptors (Lipinski definition) is 5. The average molecular weight is 509 g/mol. The number of benzene rings is 2. The molecule has 0 saturated heterocycles. The first-order valence-corrected chi connectivity index (χ1v) is 14.6. The van der Waals surface area contributed by atoms with E-state index in [9.17, 15) is 13.0 Å². The molecular formula is C28H41N2NaO3S. The first-order chi connectivity index (χ1) is 16.5. The summed E-state index contributed by atoms with van der Waals surface area (Å²) in [5.41, 5.74) is 2.41. The van der Waals surface area contributed by atoms with Crippen molar-refractivity contribution in [2.75, 3.05) is 10.2 Å². The molecule has 0 saturated carbocycles. The minimum atomic E-state index is -4.53. The maximum atomic E-state index is 11.8.